The summed E-state index contributed by atoms with van der Waals surface area (Å²) >= 11 is 0. The lowest BCUT2D eigenvalue weighted by Gasteiger charge is -2.11. The fourth-order valence-corrected chi connectivity index (χ4v) is 3.16. The summed E-state index contributed by atoms with van der Waals surface area (Å²) in [4.78, 5) is 24.7. The van der Waals surface area contributed by atoms with Gasteiger partial charge in [-0.3, -0.25) is 19.7 Å². The zero-order valence-electron chi connectivity index (χ0n) is 16.5. The van der Waals surface area contributed by atoms with Crippen LogP contribution in [0.2, 0.25) is 0 Å². The second-order valence-corrected chi connectivity index (χ2v) is 6.82. The normalized spacial score (nSPS) is 11.1. The summed E-state index contributed by atoms with van der Waals surface area (Å²) < 4.78 is 7.22. The van der Waals surface area contributed by atoms with Crippen molar-refractivity contribution >= 4 is 29.0 Å². The Labute approximate surface area is 173 Å². The number of fused-ring (bicyclic) bond motifs is 1. The summed E-state index contributed by atoms with van der Waals surface area (Å²) in [5.41, 5.74) is 8.95. The van der Waals surface area contributed by atoms with Crippen molar-refractivity contribution in [1.29, 1.82) is 0 Å². The van der Waals surface area contributed by atoms with Gasteiger partial charge in [-0.05, 0) is 44.2 Å². The Morgan fingerprint density at radius 3 is 2.47 bits per heavy atom. The summed E-state index contributed by atoms with van der Waals surface area (Å²) in [6.07, 6.45) is 1.54. The summed E-state index contributed by atoms with van der Waals surface area (Å²) in [6.45, 7) is 3.74. The second kappa shape index (κ2) is 8.08. The molecule has 150 valence electrons. The molecule has 0 aliphatic heterocycles. The fourth-order valence-electron chi connectivity index (χ4n) is 3.16. The molecule has 2 aromatic heterocycles. The number of hydrogen-bond acceptors (Lipinski definition) is 4. The first-order valence-corrected chi connectivity index (χ1v) is 9.40. The molecular weight excluding hydrogens is 380 g/mol. The van der Waals surface area contributed by atoms with E-state index in [0.29, 0.717) is 11.1 Å². The number of hydrazone groups is 1. The molecule has 0 saturated carbocycles. The predicted molar refractivity (Wildman–Crippen MR) is 115 cm³/mol. The molecule has 0 aliphatic carbocycles. The standard InChI is InChI=1S/C23H20N4O3/c1-15-12-19(16(2)27(15)26-22(28)17-8-4-3-5-9-17)14-24-25-23(29)21-13-18-10-6-7-11-20(18)30-21/h3-14H,1-2H3,(H,25,29)(H,26,28)/b24-14+. The van der Waals surface area contributed by atoms with Crippen LogP contribution in [0.3, 0.4) is 0 Å². The topological polar surface area (TPSA) is 88.6 Å². The molecule has 7 nitrogen and oxygen atoms in total. The summed E-state index contributed by atoms with van der Waals surface area (Å²) in [6, 6.07) is 19.9. The van der Waals surface area contributed by atoms with E-state index in [4.69, 9.17) is 4.42 Å². The van der Waals surface area contributed by atoms with Gasteiger partial charge in [0.25, 0.3) is 5.91 Å². The lowest BCUT2D eigenvalue weighted by Crippen LogP contribution is -2.24. The number of carbonyl (C=O) groups is 2. The number of para-hydroxylation sites is 1. The number of aryl methyl sites for hydroxylation is 1. The van der Waals surface area contributed by atoms with Crippen molar-refractivity contribution in [2.75, 3.05) is 5.43 Å². The lowest BCUT2D eigenvalue weighted by atomic mass is 10.2. The van der Waals surface area contributed by atoms with Gasteiger partial charge in [0.2, 0.25) is 0 Å². The largest absolute Gasteiger partial charge is 0.451 e. The highest BCUT2D eigenvalue weighted by Gasteiger charge is 2.13. The lowest BCUT2D eigenvalue weighted by molar-refractivity contribution is 0.0929. The molecule has 0 unspecified atom stereocenters. The van der Waals surface area contributed by atoms with Gasteiger partial charge < -0.3 is 4.42 Å². The molecule has 0 aliphatic rings. The minimum Gasteiger partial charge on any atom is -0.451 e. The monoisotopic (exact) mass is 400 g/mol. The Morgan fingerprint density at radius 2 is 1.70 bits per heavy atom. The van der Waals surface area contributed by atoms with Crippen LogP contribution in [0.4, 0.5) is 0 Å². The molecule has 4 rings (SSSR count). The molecule has 4 aromatic rings. The molecule has 0 bridgehead atoms. The number of hydrogen-bond donors (Lipinski definition) is 2. The number of furan rings is 1. The van der Waals surface area contributed by atoms with E-state index in [1.165, 1.54) is 6.21 Å². The van der Waals surface area contributed by atoms with Gasteiger partial charge >= 0.3 is 5.91 Å². The number of rotatable bonds is 5. The smallest absolute Gasteiger partial charge is 0.307 e. The van der Waals surface area contributed by atoms with Gasteiger partial charge in [-0.1, -0.05) is 36.4 Å². The average molecular weight is 400 g/mol. The van der Waals surface area contributed by atoms with Crippen molar-refractivity contribution in [1.82, 2.24) is 10.1 Å². The van der Waals surface area contributed by atoms with Gasteiger partial charge in [-0.15, -0.1) is 0 Å². The Morgan fingerprint density at radius 1 is 0.967 bits per heavy atom. The Kier molecular flexibility index (Phi) is 5.17. The molecule has 2 amide bonds. The predicted octanol–water partition coefficient (Wildman–Crippen LogP) is 4.00. The van der Waals surface area contributed by atoms with Crippen LogP contribution in [0, 0.1) is 13.8 Å². The van der Waals surface area contributed by atoms with E-state index in [2.05, 4.69) is 16.0 Å². The van der Waals surface area contributed by atoms with Crippen molar-refractivity contribution in [2.45, 2.75) is 13.8 Å². The van der Waals surface area contributed by atoms with Crippen LogP contribution < -0.4 is 10.9 Å². The van der Waals surface area contributed by atoms with E-state index in [9.17, 15) is 9.59 Å². The van der Waals surface area contributed by atoms with Crippen LogP contribution in [0.1, 0.15) is 37.9 Å². The zero-order chi connectivity index (χ0) is 21.1. The van der Waals surface area contributed by atoms with E-state index in [-0.39, 0.29) is 11.7 Å². The maximum atomic E-state index is 12.4. The summed E-state index contributed by atoms with van der Waals surface area (Å²) in [5.74, 6) is -0.457. The molecule has 0 radical (unpaired) electrons. The number of nitrogens with one attached hydrogen (secondary N) is 2. The highest BCUT2D eigenvalue weighted by atomic mass is 16.3. The van der Waals surface area contributed by atoms with Crippen LogP contribution >= 0.6 is 0 Å². The molecule has 30 heavy (non-hydrogen) atoms. The second-order valence-electron chi connectivity index (χ2n) is 6.82. The van der Waals surface area contributed by atoms with Gasteiger partial charge in [-0.2, -0.15) is 5.10 Å². The van der Waals surface area contributed by atoms with E-state index in [0.717, 1.165) is 22.3 Å². The van der Waals surface area contributed by atoms with Crippen molar-refractivity contribution in [3.63, 3.8) is 0 Å². The molecule has 0 fully saturated rings. The van der Waals surface area contributed by atoms with Crippen LogP contribution in [-0.2, 0) is 0 Å². The molecule has 0 spiro atoms. The maximum Gasteiger partial charge on any atom is 0.307 e. The molecule has 0 atom stereocenters. The fraction of sp³-hybridized carbons (Fsp3) is 0.0870. The molecule has 0 saturated heterocycles. The van der Waals surface area contributed by atoms with E-state index >= 15 is 0 Å². The molecule has 2 N–H and O–H groups in total. The van der Waals surface area contributed by atoms with Gasteiger partial charge in [0, 0.05) is 27.9 Å². The summed E-state index contributed by atoms with van der Waals surface area (Å²) in [5, 5.41) is 4.88. The van der Waals surface area contributed by atoms with Crippen LogP contribution in [0.15, 0.2) is 76.2 Å². The van der Waals surface area contributed by atoms with E-state index < -0.39 is 5.91 Å². The van der Waals surface area contributed by atoms with Crippen LogP contribution in [0.25, 0.3) is 11.0 Å². The third-order valence-corrected chi connectivity index (χ3v) is 4.74. The highest BCUT2D eigenvalue weighted by molar-refractivity contribution is 6.00. The van der Waals surface area contributed by atoms with Crippen molar-refractivity contribution in [3.8, 4) is 0 Å². The maximum absolute atomic E-state index is 12.4. The Hall–Kier alpha value is -4.13. The zero-order valence-corrected chi connectivity index (χ0v) is 16.5. The van der Waals surface area contributed by atoms with Crippen molar-refractivity contribution in [3.05, 3.63) is 95.0 Å². The molecule has 2 heterocycles. The Bertz CT molecular complexity index is 1220. The van der Waals surface area contributed by atoms with Gasteiger partial charge in [-0.25, -0.2) is 5.43 Å². The number of nitrogens with zero attached hydrogens (tertiary/aromatic N) is 2. The number of amides is 2. The van der Waals surface area contributed by atoms with Crippen LogP contribution in [-0.4, -0.2) is 22.7 Å². The van der Waals surface area contributed by atoms with E-state index in [1.807, 2.05) is 56.3 Å². The SMILES string of the molecule is Cc1cc(/C=N/NC(=O)c2cc3ccccc3o2)c(C)n1NC(=O)c1ccccc1. The molecule has 2 aromatic carbocycles. The average Bonchev–Trinajstić information content (AvgIpc) is 3.31. The molecular formula is C23H20N4O3. The third kappa shape index (κ3) is 3.86. The van der Waals surface area contributed by atoms with Crippen LogP contribution in [0.5, 0.6) is 0 Å². The number of aromatic nitrogens is 1. The number of benzene rings is 2. The number of carbonyl (C=O) groups excluding carboxylic acids is 2. The Balaban J connectivity index is 1.45. The van der Waals surface area contributed by atoms with Gasteiger partial charge in [0.15, 0.2) is 5.76 Å². The quantitative estimate of drug-likeness (QED) is 0.392. The first-order valence-electron chi connectivity index (χ1n) is 9.40. The minimum atomic E-state index is -0.436. The highest BCUT2D eigenvalue weighted by Crippen LogP contribution is 2.18. The first kappa shape index (κ1) is 19.2. The van der Waals surface area contributed by atoms with Gasteiger partial charge in [0.1, 0.15) is 5.58 Å². The van der Waals surface area contributed by atoms with Crippen molar-refractivity contribution < 1.29 is 14.0 Å². The van der Waals surface area contributed by atoms with E-state index in [1.54, 1.807) is 28.9 Å². The first-order chi connectivity index (χ1) is 14.5. The minimum absolute atomic E-state index is 0.189. The third-order valence-electron chi connectivity index (χ3n) is 4.74. The summed E-state index contributed by atoms with van der Waals surface area (Å²) in [7, 11) is 0. The van der Waals surface area contributed by atoms with Gasteiger partial charge in [0.05, 0.1) is 6.21 Å². The molecule has 7 heteroatoms. The van der Waals surface area contributed by atoms with Crippen molar-refractivity contribution in [2.24, 2.45) is 5.10 Å².